The highest BCUT2D eigenvalue weighted by molar-refractivity contribution is 5.94. The van der Waals surface area contributed by atoms with Crippen LogP contribution in [0.1, 0.15) is 33.6 Å². The lowest BCUT2D eigenvalue weighted by Gasteiger charge is -2.22. The third-order valence-electron chi connectivity index (χ3n) is 5.09. The van der Waals surface area contributed by atoms with Gasteiger partial charge in [0.1, 0.15) is 24.9 Å². The molecule has 0 radical (unpaired) electrons. The van der Waals surface area contributed by atoms with E-state index in [0.717, 1.165) is 0 Å². The lowest BCUT2D eigenvalue weighted by atomic mass is 9.87. The van der Waals surface area contributed by atoms with E-state index in [2.05, 4.69) is 6.58 Å². The molecule has 1 fully saturated rings. The Morgan fingerprint density at radius 1 is 1.17 bits per heavy atom. The average Bonchev–Trinajstić information content (AvgIpc) is 3.14. The maximum atomic E-state index is 12.4. The van der Waals surface area contributed by atoms with Crippen molar-refractivity contribution in [3.05, 3.63) is 35.5 Å². The van der Waals surface area contributed by atoms with Crippen LogP contribution in [0.4, 0.5) is 0 Å². The van der Waals surface area contributed by atoms with Crippen LogP contribution in [0.3, 0.4) is 0 Å². The summed E-state index contributed by atoms with van der Waals surface area (Å²) in [5.74, 6) is -2.93. The zero-order valence-corrected chi connectivity index (χ0v) is 16.6. The number of fused-ring (bicyclic) bond motifs is 3. The van der Waals surface area contributed by atoms with Crippen molar-refractivity contribution in [2.45, 2.75) is 51.9 Å². The molecule has 2 aliphatic heterocycles. The number of hydrogen-bond donors (Lipinski definition) is 0. The molecule has 3 rings (SSSR count). The molecule has 8 heteroatoms. The predicted octanol–water partition coefficient (Wildman–Crippen LogP) is 1.79. The fourth-order valence-corrected chi connectivity index (χ4v) is 3.58. The van der Waals surface area contributed by atoms with Crippen LogP contribution >= 0.6 is 0 Å². The molecular formula is C21H24O8. The Labute approximate surface area is 168 Å². The van der Waals surface area contributed by atoms with Crippen molar-refractivity contribution < 1.29 is 38.1 Å². The number of hydrogen-bond acceptors (Lipinski definition) is 8. The van der Waals surface area contributed by atoms with E-state index in [1.807, 2.05) is 0 Å². The van der Waals surface area contributed by atoms with Crippen LogP contribution in [0.5, 0.6) is 0 Å². The zero-order chi connectivity index (χ0) is 21.3. The molecule has 0 aromatic heterocycles. The van der Waals surface area contributed by atoms with E-state index >= 15 is 0 Å². The van der Waals surface area contributed by atoms with Gasteiger partial charge in [0.25, 0.3) is 0 Å². The summed E-state index contributed by atoms with van der Waals surface area (Å²) in [5, 5.41) is 0. The molecule has 2 bridgehead atoms. The summed E-state index contributed by atoms with van der Waals surface area (Å²) in [6.07, 6.45) is 1.71. The van der Waals surface area contributed by atoms with Crippen molar-refractivity contribution in [1.29, 1.82) is 0 Å². The van der Waals surface area contributed by atoms with Crippen LogP contribution in [0.15, 0.2) is 35.5 Å². The molecule has 1 saturated heterocycles. The Morgan fingerprint density at radius 2 is 1.83 bits per heavy atom. The number of rotatable bonds is 4. The Bertz CT molecular complexity index is 819. The molecule has 0 saturated carbocycles. The lowest BCUT2D eigenvalue weighted by Crippen LogP contribution is -2.28. The van der Waals surface area contributed by atoms with E-state index < -0.39 is 42.1 Å². The third kappa shape index (κ3) is 4.41. The van der Waals surface area contributed by atoms with Crippen molar-refractivity contribution in [2.24, 2.45) is 11.8 Å². The molecule has 8 nitrogen and oxygen atoms in total. The Kier molecular flexibility index (Phi) is 5.91. The predicted molar refractivity (Wildman–Crippen MR) is 99.1 cm³/mol. The molecule has 3 aliphatic rings. The zero-order valence-electron chi connectivity index (χ0n) is 16.6. The molecule has 0 aromatic carbocycles. The van der Waals surface area contributed by atoms with Crippen LogP contribution < -0.4 is 0 Å². The summed E-state index contributed by atoms with van der Waals surface area (Å²) in [6, 6.07) is 0. The van der Waals surface area contributed by atoms with Gasteiger partial charge in [-0.05, 0) is 30.6 Å². The summed E-state index contributed by atoms with van der Waals surface area (Å²) in [7, 11) is 0. The monoisotopic (exact) mass is 404 g/mol. The molecular weight excluding hydrogens is 380 g/mol. The minimum Gasteiger partial charge on any atom is -0.461 e. The first-order chi connectivity index (χ1) is 13.7. The third-order valence-corrected chi connectivity index (χ3v) is 5.09. The largest absolute Gasteiger partial charge is 0.461 e. The van der Waals surface area contributed by atoms with Crippen LogP contribution in [-0.2, 0) is 38.1 Å². The van der Waals surface area contributed by atoms with Crippen molar-refractivity contribution in [3.8, 4) is 0 Å². The van der Waals surface area contributed by atoms with Gasteiger partial charge >= 0.3 is 23.9 Å². The normalized spacial score (nSPS) is 28.8. The first-order valence-electron chi connectivity index (χ1n) is 9.53. The van der Waals surface area contributed by atoms with E-state index in [-0.39, 0.29) is 29.6 Å². The summed E-state index contributed by atoms with van der Waals surface area (Å²) >= 11 is 0. The number of carbonyl (C=O) groups is 4. The topological polar surface area (TPSA) is 105 Å². The van der Waals surface area contributed by atoms with E-state index in [1.54, 1.807) is 26.0 Å². The Balaban J connectivity index is 1.93. The van der Waals surface area contributed by atoms with Gasteiger partial charge in [-0.25, -0.2) is 9.59 Å². The lowest BCUT2D eigenvalue weighted by molar-refractivity contribution is -0.148. The van der Waals surface area contributed by atoms with Gasteiger partial charge in [0.2, 0.25) is 0 Å². The van der Waals surface area contributed by atoms with Gasteiger partial charge in [0.15, 0.2) is 0 Å². The van der Waals surface area contributed by atoms with E-state index in [9.17, 15) is 19.2 Å². The van der Waals surface area contributed by atoms with Gasteiger partial charge in [-0.15, -0.1) is 0 Å². The summed E-state index contributed by atoms with van der Waals surface area (Å²) in [6.45, 7) is 8.51. The number of carbonyl (C=O) groups excluding carboxylic acids is 4. The summed E-state index contributed by atoms with van der Waals surface area (Å²) in [5.41, 5.74) is 1.13. The van der Waals surface area contributed by atoms with Crippen molar-refractivity contribution >= 4 is 23.9 Å². The molecule has 0 N–H and O–H groups in total. The SMILES string of the molecule is C=C1C(=O)OC2C=C(COC(=O)C(C)C)CCC(OC(C)=O)C3=CC(OC3=O)C12. The molecule has 4 atom stereocenters. The maximum absolute atomic E-state index is 12.4. The van der Waals surface area contributed by atoms with Gasteiger partial charge in [-0.2, -0.15) is 0 Å². The molecule has 4 unspecified atom stereocenters. The van der Waals surface area contributed by atoms with Crippen LogP contribution in [0, 0.1) is 11.8 Å². The summed E-state index contributed by atoms with van der Waals surface area (Å²) in [4.78, 5) is 47.9. The van der Waals surface area contributed by atoms with Gasteiger partial charge < -0.3 is 18.9 Å². The standard InChI is InChI=1S/C21H24O8/c1-10(2)19(23)26-9-13-5-6-15(27-12(4)22)14-8-17(29-21(14)25)18-11(3)20(24)28-16(18)7-13/h7-8,10,15-18H,3,5-6,9H2,1-2,4H3. The number of esters is 4. The maximum Gasteiger partial charge on any atom is 0.338 e. The van der Waals surface area contributed by atoms with Gasteiger partial charge in [-0.1, -0.05) is 20.4 Å². The molecule has 29 heavy (non-hydrogen) atoms. The smallest absolute Gasteiger partial charge is 0.338 e. The van der Waals surface area contributed by atoms with Crippen LogP contribution in [-0.4, -0.2) is 48.8 Å². The van der Waals surface area contributed by atoms with Crippen molar-refractivity contribution in [2.75, 3.05) is 6.61 Å². The second-order valence-electron chi connectivity index (χ2n) is 7.64. The molecule has 2 heterocycles. The number of ether oxygens (including phenoxy) is 4. The fourth-order valence-electron chi connectivity index (χ4n) is 3.58. The second-order valence-corrected chi connectivity index (χ2v) is 7.64. The average molecular weight is 404 g/mol. The van der Waals surface area contributed by atoms with Gasteiger partial charge in [-0.3, -0.25) is 9.59 Å². The van der Waals surface area contributed by atoms with Crippen LogP contribution in [0.25, 0.3) is 0 Å². The van der Waals surface area contributed by atoms with Crippen LogP contribution in [0.2, 0.25) is 0 Å². The highest BCUT2D eigenvalue weighted by Crippen LogP contribution is 2.38. The van der Waals surface area contributed by atoms with E-state index in [1.165, 1.54) is 6.92 Å². The molecule has 0 aromatic rings. The van der Waals surface area contributed by atoms with E-state index in [4.69, 9.17) is 18.9 Å². The molecule has 0 amide bonds. The quantitative estimate of drug-likeness (QED) is 0.302. The minimum absolute atomic E-state index is 0.00949. The van der Waals surface area contributed by atoms with Gasteiger partial charge in [0.05, 0.1) is 17.4 Å². The first-order valence-corrected chi connectivity index (χ1v) is 9.53. The van der Waals surface area contributed by atoms with Crippen molar-refractivity contribution in [1.82, 2.24) is 0 Å². The Morgan fingerprint density at radius 3 is 2.48 bits per heavy atom. The molecule has 1 aliphatic carbocycles. The fraction of sp³-hybridized carbons (Fsp3) is 0.524. The highest BCUT2D eigenvalue weighted by atomic mass is 16.6. The summed E-state index contributed by atoms with van der Waals surface area (Å²) < 4.78 is 21.5. The molecule has 156 valence electrons. The first kappa shape index (κ1) is 20.8. The molecule has 0 spiro atoms. The van der Waals surface area contributed by atoms with Gasteiger partial charge in [0, 0.05) is 12.5 Å². The minimum atomic E-state index is -0.794. The van der Waals surface area contributed by atoms with Crippen molar-refractivity contribution in [3.63, 3.8) is 0 Å². The van der Waals surface area contributed by atoms with E-state index in [0.29, 0.717) is 18.4 Å². The highest BCUT2D eigenvalue weighted by Gasteiger charge is 2.47. The Hall–Kier alpha value is -2.90. The second kappa shape index (κ2) is 8.23.